The van der Waals surface area contributed by atoms with E-state index in [4.69, 9.17) is 10.7 Å². The van der Waals surface area contributed by atoms with Gasteiger partial charge in [0, 0.05) is 31.4 Å². The monoisotopic (exact) mass is 315 g/mol. The smallest absolute Gasteiger partial charge is 0.224 e. The first kappa shape index (κ1) is 15.2. The van der Waals surface area contributed by atoms with E-state index in [-0.39, 0.29) is 6.04 Å². The summed E-state index contributed by atoms with van der Waals surface area (Å²) in [5, 5.41) is 3.62. The summed E-state index contributed by atoms with van der Waals surface area (Å²) in [6.07, 6.45) is 5.56. The molecule has 2 heterocycles. The number of nitrogens with two attached hydrogens (primary N) is 1. The minimum Gasteiger partial charge on any atom is -0.355 e. The first-order chi connectivity index (χ1) is 10.9. The van der Waals surface area contributed by atoms with Crippen LogP contribution in [-0.4, -0.2) is 35.1 Å². The summed E-state index contributed by atoms with van der Waals surface area (Å²) < 4.78 is 0. The van der Waals surface area contributed by atoms with Gasteiger partial charge in [0.25, 0.3) is 0 Å². The first-order valence-corrected chi connectivity index (χ1v) is 9.05. The van der Waals surface area contributed by atoms with E-state index < -0.39 is 0 Å². The molecule has 0 spiro atoms. The van der Waals surface area contributed by atoms with Gasteiger partial charge in [0.15, 0.2) is 0 Å². The van der Waals surface area contributed by atoms with Crippen LogP contribution in [0.1, 0.15) is 40.0 Å². The number of hydrogen-bond acceptors (Lipinski definition) is 5. The fraction of sp³-hybridized carbons (Fsp3) is 0.778. The average molecular weight is 315 g/mol. The van der Waals surface area contributed by atoms with Gasteiger partial charge in [0.05, 0.1) is 0 Å². The van der Waals surface area contributed by atoms with Crippen molar-refractivity contribution in [2.24, 2.45) is 28.9 Å². The van der Waals surface area contributed by atoms with E-state index in [1.54, 1.807) is 0 Å². The summed E-state index contributed by atoms with van der Waals surface area (Å²) >= 11 is 0. The van der Waals surface area contributed by atoms with Crippen molar-refractivity contribution in [3.05, 3.63) is 12.3 Å². The second kappa shape index (κ2) is 5.33. The third kappa shape index (κ3) is 2.49. The highest BCUT2D eigenvalue weighted by Crippen LogP contribution is 2.61. The number of nitrogens with one attached hydrogen (secondary N) is 1. The molecule has 0 amide bonds. The number of fused-ring (bicyclic) bond motifs is 2. The van der Waals surface area contributed by atoms with Crippen molar-refractivity contribution in [2.45, 2.75) is 52.1 Å². The zero-order valence-corrected chi connectivity index (χ0v) is 14.5. The Kier molecular flexibility index (Phi) is 3.52. The van der Waals surface area contributed by atoms with E-state index in [1.165, 1.54) is 12.8 Å². The molecule has 1 aliphatic heterocycles. The third-order valence-electron chi connectivity index (χ3n) is 6.86. The molecule has 3 aliphatic carbocycles. The van der Waals surface area contributed by atoms with Crippen molar-refractivity contribution in [1.82, 2.24) is 9.97 Å². The van der Waals surface area contributed by atoms with E-state index in [2.05, 4.69) is 36.0 Å². The van der Waals surface area contributed by atoms with E-state index in [0.29, 0.717) is 17.4 Å². The van der Waals surface area contributed by atoms with Crippen molar-refractivity contribution in [1.29, 1.82) is 0 Å². The minimum absolute atomic E-state index is 0.272. The molecule has 3 N–H and O–H groups in total. The maximum Gasteiger partial charge on any atom is 0.224 e. The number of aromatic nitrogens is 2. The molecule has 1 saturated heterocycles. The van der Waals surface area contributed by atoms with Crippen molar-refractivity contribution >= 4 is 11.8 Å². The lowest BCUT2D eigenvalue weighted by Crippen LogP contribution is -2.58. The highest BCUT2D eigenvalue weighted by atomic mass is 15.3. The predicted molar refractivity (Wildman–Crippen MR) is 93.4 cm³/mol. The SMILES string of the molecule is CC1C(Nc2nccc(N3CC[C@@H](N)C3)n2)CC2CC1C2(C)C. The fourth-order valence-corrected chi connectivity index (χ4v) is 5.10. The fourth-order valence-electron chi connectivity index (χ4n) is 5.10. The van der Waals surface area contributed by atoms with Crippen LogP contribution >= 0.6 is 0 Å². The lowest BCUT2D eigenvalue weighted by molar-refractivity contribution is -0.105. The third-order valence-corrected chi connectivity index (χ3v) is 6.86. The molecule has 4 aliphatic rings. The van der Waals surface area contributed by atoms with Crippen LogP contribution in [0.5, 0.6) is 0 Å². The van der Waals surface area contributed by atoms with E-state index in [0.717, 1.165) is 43.1 Å². The average Bonchev–Trinajstić information content (AvgIpc) is 2.95. The van der Waals surface area contributed by atoms with Crippen LogP contribution in [0.3, 0.4) is 0 Å². The Hall–Kier alpha value is -1.36. The second-order valence-corrected chi connectivity index (χ2v) is 8.44. The normalized spacial score (nSPS) is 38.3. The highest BCUT2D eigenvalue weighted by Gasteiger charge is 2.56. The Morgan fingerprint density at radius 1 is 1.35 bits per heavy atom. The van der Waals surface area contributed by atoms with Gasteiger partial charge >= 0.3 is 0 Å². The van der Waals surface area contributed by atoms with Crippen LogP contribution in [0.25, 0.3) is 0 Å². The molecule has 4 fully saturated rings. The number of hydrogen-bond donors (Lipinski definition) is 2. The van der Waals surface area contributed by atoms with Crippen molar-refractivity contribution < 1.29 is 0 Å². The van der Waals surface area contributed by atoms with Gasteiger partial charge in [0.1, 0.15) is 5.82 Å². The van der Waals surface area contributed by atoms with Gasteiger partial charge in [-0.15, -0.1) is 0 Å². The second-order valence-electron chi connectivity index (χ2n) is 8.44. The Labute approximate surface area is 139 Å². The number of anilines is 2. The zero-order valence-electron chi connectivity index (χ0n) is 14.5. The van der Waals surface area contributed by atoms with E-state index >= 15 is 0 Å². The Balaban J connectivity index is 1.46. The molecule has 3 saturated carbocycles. The summed E-state index contributed by atoms with van der Waals surface area (Å²) in [5.74, 6) is 4.14. The maximum atomic E-state index is 6.01. The van der Waals surface area contributed by atoms with E-state index in [1.807, 2.05) is 12.3 Å². The topological polar surface area (TPSA) is 67.1 Å². The van der Waals surface area contributed by atoms with Gasteiger partial charge in [-0.1, -0.05) is 20.8 Å². The number of rotatable bonds is 3. The van der Waals surface area contributed by atoms with Crippen LogP contribution in [0.4, 0.5) is 11.8 Å². The summed E-state index contributed by atoms with van der Waals surface area (Å²) in [6.45, 7) is 9.16. The molecule has 4 unspecified atom stereocenters. The molecule has 5 nitrogen and oxygen atoms in total. The molecule has 2 bridgehead atoms. The van der Waals surface area contributed by atoms with Crippen molar-refractivity contribution in [2.75, 3.05) is 23.3 Å². The van der Waals surface area contributed by atoms with Gasteiger partial charge in [-0.05, 0) is 48.5 Å². The van der Waals surface area contributed by atoms with Gasteiger partial charge < -0.3 is 16.0 Å². The van der Waals surface area contributed by atoms with Crippen LogP contribution in [0.2, 0.25) is 0 Å². The summed E-state index contributed by atoms with van der Waals surface area (Å²) in [7, 11) is 0. The molecule has 23 heavy (non-hydrogen) atoms. The molecule has 0 radical (unpaired) electrons. The maximum absolute atomic E-state index is 6.01. The minimum atomic E-state index is 0.272. The van der Waals surface area contributed by atoms with Crippen LogP contribution < -0.4 is 16.0 Å². The van der Waals surface area contributed by atoms with Crippen LogP contribution in [0, 0.1) is 23.2 Å². The van der Waals surface area contributed by atoms with Crippen LogP contribution in [0.15, 0.2) is 12.3 Å². The Bertz CT molecular complexity index is 587. The standard InChI is InChI=1S/C18H29N5/c1-11-14-8-12(18(14,2)3)9-15(11)21-17-20-6-4-16(22-17)23-7-5-13(19)10-23/h4,6,11-15H,5,7-10,19H2,1-3H3,(H,20,21,22)/t11?,12?,13-,14?,15?/m1/s1. The Morgan fingerprint density at radius 2 is 2.17 bits per heavy atom. The van der Waals surface area contributed by atoms with Gasteiger partial charge in [-0.25, -0.2) is 4.98 Å². The van der Waals surface area contributed by atoms with E-state index in [9.17, 15) is 0 Å². The summed E-state index contributed by atoms with van der Waals surface area (Å²) in [5.41, 5.74) is 6.53. The predicted octanol–water partition coefficient (Wildman–Crippen LogP) is 2.50. The molecule has 1 aromatic rings. The zero-order chi connectivity index (χ0) is 16.2. The molecule has 5 heteroatoms. The molecular formula is C18H29N5. The summed E-state index contributed by atoms with van der Waals surface area (Å²) in [4.78, 5) is 11.5. The molecule has 0 aromatic carbocycles. The summed E-state index contributed by atoms with van der Waals surface area (Å²) in [6, 6.07) is 2.77. The molecule has 126 valence electrons. The quantitative estimate of drug-likeness (QED) is 0.897. The first-order valence-electron chi connectivity index (χ1n) is 9.05. The molecule has 5 rings (SSSR count). The number of nitrogens with zero attached hydrogens (tertiary/aromatic N) is 3. The van der Waals surface area contributed by atoms with Crippen molar-refractivity contribution in [3.8, 4) is 0 Å². The molecule has 5 atom stereocenters. The van der Waals surface area contributed by atoms with Crippen molar-refractivity contribution in [3.63, 3.8) is 0 Å². The van der Waals surface area contributed by atoms with Crippen LogP contribution in [-0.2, 0) is 0 Å². The van der Waals surface area contributed by atoms with Gasteiger partial charge in [-0.2, -0.15) is 4.98 Å². The highest BCUT2D eigenvalue weighted by molar-refractivity contribution is 5.44. The molecule has 1 aromatic heterocycles. The Morgan fingerprint density at radius 3 is 2.83 bits per heavy atom. The van der Waals surface area contributed by atoms with Gasteiger partial charge in [-0.3, -0.25) is 0 Å². The lowest BCUT2D eigenvalue weighted by Gasteiger charge is -2.62. The largest absolute Gasteiger partial charge is 0.355 e. The van der Waals surface area contributed by atoms with Gasteiger partial charge in [0.2, 0.25) is 5.95 Å². The lowest BCUT2D eigenvalue weighted by atomic mass is 9.45. The molecular weight excluding hydrogens is 286 g/mol.